The van der Waals surface area contributed by atoms with E-state index in [0.29, 0.717) is 40.7 Å². The molecule has 0 bridgehead atoms. The van der Waals surface area contributed by atoms with Crippen LogP contribution in [-0.4, -0.2) is 19.6 Å². The van der Waals surface area contributed by atoms with Gasteiger partial charge in [-0.15, -0.1) is 0 Å². The second-order valence-electron chi connectivity index (χ2n) is 4.82. The molecule has 1 amide bonds. The summed E-state index contributed by atoms with van der Waals surface area (Å²) in [5.41, 5.74) is 13.7. The smallest absolute Gasteiger partial charge is 0.251 e. The number of carbonyl (C=O) groups excluding carboxylic acids is 1. The molecule has 22 heavy (non-hydrogen) atoms. The van der Waals surface area contributed by atoms with E-state index in [4.69, 9.17) is 27.8 Å². The molecule has 5 nitrogen and oxygen atoms in total. The van der Waals surface area contributed by atoms with Gasteiger partial charge in [-0.2, -0.15) is 0 Å². The molecule has 2 aromatic rings. The summed E-state index contributed by atoms with van der Waals surface area (Å²) in [6.07, 6.45) is 0.667. The zero-order valence-electron chi connectivity index (χ0n) is 12.2. The molecule has 0 radical (unpaired) electrons. The summed E-state index contributed by atoms with van der Waals surface area (Å²) in [6, 6.07) is 10.4. The van der Waals surface area contributed by atoms with Crippen LogP contribution in [-0.2, 0) is 6.42 Å². The lowest BCUT2D eigenvalue weighted by atomic mass is 10.1. The third-order valence-corrected chi connectivity index (χ3v) is 3.56. The van der Waals surface area contributed by atoms with Crippen LogP contribution in [0.2, 0.25) is 5.02 Å². The Morgan fingerprint density at radius 1 is 1.18 bits per heavy atom. The SMILES string of the molecule is COc1ccc(CCNC(=O)c2ccc(N)c(N)c2)cc1Cl. The molecule has 0 atom stereocenters. The van der Waals surface area contributed by atoms with Crippen molar-refractivity contribution in [3.05, 3.63) is 52.5 Å². The Morgan fingerprint density at radius 3 is 2.59 bits per heavy atom. The van der Waals surface area contributed by atoms with Crippen LogP contribution in [0.15, 0.2) is 36.4 Å². The first-order chi connectivity index (χ1) is 10.5. The van der Waals surface area contributed by atoms with Gasteiger partial charge in [-0.3, -0.25) is 4.79 Å². The number of amides is 1. The molecule has 2 aromatic carbocycles. The van der Waals surface area contributed by atoms with Crippen molar-refractivity contribution >= 4 is 28.9 Å². The summed E-state index contributed by atoms with van der Waals surface area (Å²) in [5, 5.41) is 3.39. The van der Waals surface area contributed by atoms with E-state index in [1.165, 1.54) is 0 Å². The van der Waals surface area contributed by atoms with Crippen molar-refractivity contribution in [2.24, 2.45) is 0 Å². The molecule has 0 spiro atoms. The molecular weight excluding hydrogens is 302 g/mol. The van der Waals surface area contributed by atoms with Crippen LogP contribution < -0.4 is 21.5 Å². The Balaban J connectivity index is 1.91. The number of ether oxygens (including phenoxy) is 1. The molecule has 0 aliphatic rings. The third-order valence-electron chi connectivity index (χ3n) is 3.26. The van der Waals surface area contributed by atoms with E-state index < -0.39 is 0 Å². The monoisotopic (exact) mass is 319 g/mol. The van der Waals surface area contributed by atoms with Crippen molar-refractivity contribution in [2.45, 2.75) is 6.42 Å². The number of rotatable bonds is 5. The fourth-order valence-electron chi connectivity index (χ4n) is 2.00. The highest BCUT2D eigenvalue weighted by Crippen LogP contribution is 2.25. The number of nitrogens with two attached hydrogens (primary N) is 2. The summed E-state index contributed by atoms with van der Waals surface area (Å²) in [4.78, 5) is 12.0. The number of nitrogens with one attached hydrogen (secondary N) is 1. The van der Waals surface area contributed by atoms with Crippen molar-refractivity contribution in [2.75, 3.05) is 25.1 Å². The zero-order valence-corrected chi connectivity index (χ0v) is 13.0. The fourth-order valence-corrected chi connectivity index (χ4v) is 2.28. The Kier molecular flexibility index (Phi) is 5.12. The minimum atomic E-state index is -0.189. The molecule has 0 saturated carbocycles. The fraction of sp³-hybridized carbons (Fsp3) is 0.188. The van der Waals surface area contributed by atoms with E-state index in [-0.39, 0.29) is 5.91 Å². The van der Waals surface area contributed by atoms with Gasteiger partial charge in [0.15, 0.2) is 0 Å². The van der Waals surface area contributed by atoms with Crippen LogP contribution in [0.1, 0.15) is 15.9 Å². The van der Waals surface area contributed by atoms with Gasteiger partial charge in [0.05, 0.1) is 23.5 Å². The lowest BCUT2D eigenvalue weighted by Crippen LogP contribution is -2.25. The summed E-state index contributed by atoms with van der Waals surface area (Å²) >= 11 is 6.06. The lowest BCUT2D eigenvalue weighted by Gasteiger charge is -2.08. The average Bonchev–Trinajstić information content (AvgIpc) is 2.50. The number of benzene rings is 2. The maximum Gasteiger partial charge on any atom is 0.251 e. The van der Waals surface area contributed by atoms with Crippen molar-refractivity contribution in [3.8, 4) is 5.75 Å². The molecule has 2 rings (SSSR count). The largest absolute Gasteiger partial charge is 0.495 e. The Labute approximate surface area is 134 Å². The zero-order chi connectivity index (χ0) is 16.1. The number of hydrogen-bond donors (Lipinski definition) is 3. The van der Waals surface area contributed by atoms with Crippen LogP contribution in [0.3, 0.4) is 0 Å². The predicted octanol–water partition coefficient (Wildman–Crippen LogP) is 2.49. The average molecular weight is 320 g/mol. The summed E-state index contributed by atoms with van der Waals surface area (Å²) < 4.78 is 5.10. The first-order valence-electron chi connectivity index (χ1n) is 6.77. The van der Waals surface area contributed by atoms with Gasteiger partial charge in [-0.25, -0.2) is 0 Å². The predicted molar refractivity (Wildman–Crippen MR) is 89.3 cm³/mol. The first kappa shape index (κ1) is 16.0. The van der Waals surface area contributed by atoms with Gasteiger partial charge in [0.25, 0.3) is 5.91 Å². The van der Waals surface area contributed by atoms with Gasteiger partial charge in [0, 0.05) is 12.1 Å². The first-order valence-corrected chi connectivity index (χ1v) is 7.14. The second-order valence-corrected chi connectivity index (χ2v) is 5.23. The second kappa shape index (κ2) is 7.04. The summed E-state index contributed by atoms with van der Waals surface area (Å²) in [5.74, 6) is 0.443. The van der Waals surface area contributed by atoms with E-state index >= 15 is 0 Å². The van der Waals surface area contributed by atoms with Gasteiger partial charge >= 0.3 is 0 Å². The maximum atomic E-state index is 12.0. The Bertz CT molecular complexity index is 689. The number of anilines is 2. The van der Waals surface area contributed by atoms with E-state index in [9.17, 15) is 4.79 Å². The molecule has 116 valence electrons. The Morgan fingerprint density at radius 2 is 1.95 bits per heavy atom. The van der Waals surface area contributed by atoms with Gasteiger partial charge in [0.2, 0.25) is 0 Å². The molecule has 0 heterocycles. The minimum Gasteiger partial charge on any atom is -0.495 e. The molecule has 0 saturated heterocycles. The number of carbonyl (C=O) groups is 1. The Hall–Kier alpha value is -2.40. The third kappa shape index (κ3) is 3.83. The highest BCUT2D eigenvalue weighted by atomic mass is 35.5. The quantitative estimate of drug-likeness (QED) is 0.738. The van der Waals surface area contributed by atoms with E-state index in [2.05, 4.69) is 5.32 Å². The normalized spacial score (nSPS) is 10.3. The van der Waals surface area contributed by atoms with Crippen molar-refractivity contribution in [3.63, 3.8) is 0 Å². The topological polar surface area (TPSA) is 90.4 Å². The van der Waals surface area contributed by atoms with Crippen LogP contribution in [0.5, 0.6) is 5.75 Å². The molecule has 6 heteroatoms. The van der Waals surface area contributed by atoms with Gasteiger partial charge in [-0.1, -0.05) is 17.7 Å². The van der Waals surface area contributed by atoms with Gasteiger partial charge < -0.3 is 21.5 Å². The molecule has 0 fully saturated rings. The van der Waals surface area contributed by atoms with Crippen LogP contribution >= 0.6 is 11.6 Å². The van der Waals surface area contributed by atoms with Crippen LogP contribution in [0, 0.1) is 0 Å². The molecule has 0 aromatic heterocycles. The summed E-state index contributed by atoms with van der Waals surface area (Å²) in [6.45, 7) is 0.492. The number of nitrogen functional groups attached to an aromatic ring is 2. The molecular formula is C16H18ClN3O2. The maximum absolute atomic E-state index is 12.0. The summed E-state index contributed by atoms with van der Waals surface area (Å²) in [7, 11) is 1.57. The highest BCUT2D eigenvalue weighted by Gasteiger charge is 2.07. The van der Waals surface area contributed by atoms with Crippen molar-refractivity contribution in [1.82, 2.24) is 5.32 Å². The molecule has 0 aliphatic heterocycles. The highest BCUT2D eigenvalue weighted by molar-refractivity contribution is 6.32. The molecule has 0 unspecified atom stereocenters. The van der Waals surface area contributed by atoms with Crippen molar-refractivity contribution < 1.29 is 9.53 Å². The lowest BCUT2D eigenvalue weighted by molar-refractivity contribution is 0.0954. The van der Waals surface area contributed by atoms with E-state index in [0.717, 1.165) is 5.56 Å². The molecule has 0 aliphatic carbocycles. The van der Waals surface area contributed by atoms with Crippen LogP contribution in [0.4, 0.5) is 11.4 Å². The number of halogens is 1. The van der Waals surface area contributed by atoms with Gasteiger partial charge in [0.1, 0.15) is 5.75 Å². The number of hydrogen-bond acceptors (Lipinski definition) is 4. The van der Waals surface area contributed by atoms with Crippen LogP contribution in [0.25, 0.3) is 0 Å². The standard InChI is InChI=1S/C16H18ClN3O2/c1-22-15-5-2-10(8-12(15)17)6-7-20-16(21)11-3-4-13(18)14(19)9-11/h2-5,8-9H,6-7,18-19H2,1H3,(H,20,21). The van der Waals surface area contributed by atoms with Crippen molar-refractivity contribution in [1.29, 1.82) is 0 Å². The molecule has 5 N–H and O–H groups in total. The van der Waals surface area contributed by atoms with Gasteiger partial charge in [-0.05, 0) is 42.3 Å². The van der Waals surface area contributed by atoms with E-state index in [1.54, 1.807) is 31.4 Å². The minimum absolute atomic E-state index is 0.189. The number of methoxy groups -OCH3 is 1. The van der Waals surface area contributed by atoms with E-state index in [1.807, 2.05) is 12.1 Å².